The maximum Gasteiger partial charge on any atom is 0.223 e. The van der Waals surface area contributed by atoms with Crippen LogP contribution in [0, 0.1) is 18.6 Å². The summed E-state index contributed by atoms with van der Waals surface area (Å²) >= 11 is 0. The maximum atomic E-state index is 14.0. The molecule has 0 unspecified atom stereocenters. The molecule has 1 heterocycles. The van der Waals surface area contributed by atoms with E-state index >= 15 is 0 Å². The molecule has 2 nitrogen and oxygen atoms in total. The molecule has 0 aromatic heterocycles. The lowest BCUT2D eigenvalue weighted by molar-refractivity contribution is 0.213. The second kappa shape index (κ2) is 6.95. The zero-order valence-electron chi connectivity index (χ0n) is 15.1. The number of aliphatic imine (C=N–C) groups is 1. The summed E-state index contributed by atoms with van der Waals surface area (Å²) in [7, 11) is 0. The third kappa shape index (κ3) is 3.35. The quantitative estimate of drug-likeness (QED) is 0.572. The first-order valence-electron chi connectivity index (χ1n) is 8.89. The summed E-state index contributed by atoms with van der Waals surface area (Å²) in [6.07, 6.45) is -0.302. The molecular weight excluding hydrogens is 344 g/mol. The molecule has 4 heteroatoms. The first-order chi connectivity index (χ1) is 13.0. The van der Waals surface area contributed by atoms with Gasteiger partial charge in [0.2, 0.25) is 5.90 Å². The van der Waals surface area contributed by atoms with Crippen molar-refractivity contribution in [3.8, 4) is 11.1 Å². The Labute approximate surface area is 157 Å². The first-order valence-corrected chi connectivity index (χ1v) is 8.89. The van der Waals surface area contributed by atoms with Crippen LogP contribution in [-0.4, -0.2) is 12.0 Å². The Morgan fingerprint density at radius 3 is 1.96 bits per heavy atom. The van der Waals surface area contributed by atoms with Gasteiger partial charge >= 0.3 is 0 Å². The minimum absolute atomic E-state index is 0.0192. The Kier molecular flexibility index (Phi) is 4.48. The predicted octanol–water partition coefficient (Wildman–Crippen LogP) is 5.85. The third-order valence-corrected chi connectivity index (χ3v) is 4.81. The number of rotatable bonds is 3. The van der Waals surface area contributed by atoms with E-state index < -0.39 is 11.6 Å². The Morgan fingerprint density at radius 2 is 1.37 bits per heavy atom. The van der Waals surface area contributed by atoms with Crippen LogP contribution in [0.25, 0.3) is 11.1 Å². The van der Waals surface area contributed by atoms with Crippen LogP contribution < -0.4 is 0 Å². The van der Waals surface area contributed by atoms with Crippen molar-refractivity contribution in [2.45, 2.75) is 26.0 Å². The van der Waals surface area contributed by atoms with Gasteiger partial charge in [0.05, 0.1) is 0 Å². The molecule has 0 saturated heterocycles. The van der Waals surface area contributed by atoms with Crippen LogP contribution in [0.3, 0.4) is 0 Å². The molecule has 3 aromatic carbocycles. The molecule has 0 spiro atoms. The average molecular weight is 363 g/mol. The van der Waals surface area contributed by atoms with Gasteiger partial charge in [-0.15, -0.1) is 0 Å². The highest BCUT2D eigenvalue weighted by molar-refractivity contribution is 5.96. The minimum Gasteiger partial charge on any atom is -0.472 e. The second-order valence-corrected chi connectivity index (χ2v) is 6.79. The van der Waals surface area contributed by atoms with Crippen molar-refractivity contribution in [3.63, 3.8) is 0 Å². The van der Waals surface area contributed by atoms with Gasteiger partial charge in [-0.1, -0.05) is 60.2 Å². The van der Waals surface area contributed by atoms with Crippen LogP contribution in [0.2, 0.25) is 0 Å². The van der Waals surface area contributed by atoms with E-state index in [9.17, 15) is 8.78 Å². The lowest BCUT2D eigenvalue weighted by Gasteiger charge is -2.13. The van der Waals surface area contributed by atoms with Gasteiger partial charge in [0, 0.05) is 0 Å². The lowest BCUT2D eigenvalue weighted by Crippen LogP contribution is -2.14. The summed E-state index contributed by atoms with van der Waals surface area (Å²) < 4.78 is 33.7. The maximum absolute atomic E-state index is 14.0. The molecule has 2 atom stereocenters. The van der Waals surface area contributed by atoms with Gasteiger partial charge in [-0.3, -0.25) is 0 Å². The number of benzene rings is 3. The van der Waals surface area contributed by atoms with Gasteiger partial charge in [-0.05, 0) is 42.7 Å². The Bertz CT molecular complexity index is 974. The molecular formula is C23H19F2NO. The normalized spacial score (nSPS) is 18.9. The van der Waals surface area contributed by atoms with Crippen molar-refractivity contribution in [2.24, 2.45) is 4.99 Å². The summed E-state index contributed by atoms with van der Waals surface area (Å²) in [5, 5.41) is 0. The van der Waals surface area contributed by atoms with Gasteiger partial charge in [0.25, 0.3) is 0 Å². The van der Waals surface area contributed by atoms with Crippen LogP contribution in [0.15, 0.2) is 71.7 Å². The molecule has 0 radical (unpaired) electrons. The van der Waals surface area contributed by atoms with E-state index in [4.69, 9.17) is 4.74 Å². The molecule has 0 N–H and O–H groups in total. The van der Waals surface area contributed by atoms with E-state index in [1.54, 1.807) is 0 Å². The largest absolute Gasteiger partial charge is 0.472 e. The van der Waals surface area contributed by atoms with E-state index in [0.29, 0.717) is 0 Å². The lowest BCUT2D eigenvalue weighted by atomic mass is 9.98. The fourth-order valence-corrected chi connectivity index (χ4v) is 3.29. The van der Waals surface area contributed by atoms with Gasteiger partial charge in [0.15, 0.2) is 0 Å². The second-order valence-electron chi connectivity index (χ2n) is 6.79. The molecule has 0 saturated carbocycles. The number of halogens is 2. The molecule has 3 aromatic rings. The van der Waals surface area contributed by atoms with Crippen molar-refractivity contribution in [3.05, 3.63) is 95.1 Å². The molecule has 0 fully saturated rings. The Balaban J connectivity index is 1.63. The van der Waals surface area contributed by atoms with Crippen LogP contribution in [0.1, 0.15) is 29.7 Å². The molecule has 0 amide bonds. The molecule has 136 valence electrons. The van der Waals surface area contributed by atoms with E-state index in [1.807, 2.05) is 31.2 Å². The predicted molar refractivity (Wildman–Crippen MR) is 103 cm³/mol. The van der Waals surface area contributed by atoms with Gasteiger partial charge in [-0.2, -0.15) is 0 Å². The topological polar surface area (TPSA) is 21.6 Å². The summed E-state index contributed by atoms with van der Waals surface area (Å²) in [5.74, 6) is -1.32. The summed E-state index contributed by atoms with van der Waals surface area (Å²) in [5.41, 5.74) is 4.21. The molecule has 4 rings (SSSR count). The van der Waals surface area contributed by atoms with Crippen LogP contribution in [0.4, 0.5) is 8.78 Å². The van der Waals surface area contributed by atoms with Gasteiger partial charge in [0.1, 0.15) is 29.3 Å². The summed E-state index contributed by atoms with van der Waals surface area (Å²) in [6.45, 7) is 3.91. The van der Waals surface area contributed by atoms with Crippen molar-refractivity contribution in [1.29, 1.82) is 0 Å². The molecule has 27 heavy (non-hydrogen) atoms. The zero-order valence-corrected chi connectivity index (χ0v) is 15.1. The van der Waals surface area contributed by atoms with Gasteiger partial charge < -0.3 is 4.74 Å². The van der Waals surface area contributed by atoms with Crippen LogP contribution in [-0.2, 0) is 4.74 Å². The van der Waals surface area contributed by atoms with E-state index in [2.05, 4.69) is 36.2 Å². The van der Waals surface area contributed by atoms with E-state index in [1.165, 1.54) is 23.8 Å². The highest BCUT2D eigenvalue weighted by Gasteiger charge is 2.31. The summed E-state index contributed by atoms with van der Waals surface area (Å²) in [6, 6.07) is 19.8. The summed E-state index contributed by atoms with van der Waals surface area (Å²) in [4.78, 5) is 4.46. The number of nitrogens with zero attached hydrogens (tertiary/aromatic N) is 1. The number of ether oxygens (including phenoxy) is 1. The van der Waals surface area contributed by atoms with E-state index in [-0.39, 0.29) is 23.6 Å². The van der Waals surface area contributed by atoms with Crippen molar-refractivity contribution >= 4 is 5.90 Å². The molecule has 0 aliphatic carbocycles. The van der Waals surface area contributed by atoms with Gasteiger partial charge in [-0.25, -0.2) is 13.8 Å². The Morgan fingerprint density at radius 1 is 0.815 bits per heavy atom. The molecule has 1 aliphatic heterocycles. The minimum atomic E-state index is -0.670. The number of hydrogen-bond donors (Lipinski definition) is 0. The highest BCUT2D eigenvalue weighted by Crippen LogP contribution is 2.33. The van der Waals surface area contributed by atoms with E-state index in [0.717, 1.165) is 16.7 Å². The smallest absolute Gasteiger partial charge is 0.223 e. The average Bonchev–Trinajstić information content (AvgIpc) is 3.04. The van der Waals surface area contributed by atoms with Crippen molar-refractivity contribution in [1.82, 2.24) is 0 Å². The SMILES string of the molecule is Cc1ccc(-c2ccc([C@@H]3N=C(c4c(F)cccc4F)O[C@@H]3C)cc2)cc1. The third-order valence-electron chi connectivity index (χ3n) is 4.81. The Hall–Kier alpha value is -3.01. The fourth-order valence-electron chi connectivity index (χ4n) is 3.29. The number of aryl methyl sites for hydroxylation is 1. The van der Waals surface area contributed by atoms with Crippen LogP contribution >= 0.6 is 0 Å². The van der Waals surface area contributed by atoms with Crippen molar-refractivity contribution in [2.75, 3.05) is 0 Å². The molecule has 0 bridgehead atoms. The highest BCUT2D eigenvalue weighted by atomic mass is 19.1. The zero-order chi connectivity index (χ0) is 19.0. The monoisotopic (exact) mass is 363 g/mol. The first kappa shape index (κ1) is 17.4. The molecule has 1 aliphatic rings. The fraction of sp³-hybridized carbons (Fsp3) is 0.174. The van der Waals surface area contributed by atoms with Crippen LogP contribution in [0.5, 0.6) is 0 Å². The van der Waals surface area contributed by atoms with Crippen molar-refractivity contribution < 1.29 is 13.5 Å². The standard InChI is InChI=1S/C23H19F2NO/c1-14-6-8-16(9-7-14)17-10-12-18(13-11-17)22-15(2)27-23(26-22)21-19(24)4-3-5-20(21)25/h3-13,15,22H,1-2H3/t15-,22-/m1/s1. The number of hydrogen-bond acceptors (Lipinski definition) is 2.